The molecule has 3 aromatic rings. The van der Waals surface area contributed by atoms with E-state index in [1.54, 1.807) is 18.7 Å². The highest BCUT2D eigenvalue weighted by molar-refractivity contribution is 7.99. The Bertz CT molecular complexity index is 1210. The van der Waals surface area contributed by atoms with Gasteiger partial charge in [-0.15, -0.1) is 11.8 Å². The molecular formula is C33H44O5S. The average Bonchev–Trinajstić information content (AvgIpc) is 3.36. The fourth-order valence-electron chi connectivity index (χ4n) is 4.60. The molecule has 0 radical (unpaired) electrons. The fourth-order valence-corrected chi connectivity index (χ4v) is 5.50. The second kappa shape index (κ2) is 15.9. The molecule has 1 heterocycles. The number of esters is 1. The standard InChI is InChI=1S/C33H44O5S/c1-5-7-8-11-24-14-17-28(25(6-2)20-24)32-21-26-15-16-27(22-31(26)38-32)39-19-10-13-30(35)29(34)12-9-18-37-33(36)23(3)4/h14-17,20-22,29-30,34-35H,3,5-13,18-19H2,1-2,4H3. The van der Waals surface area contributed by atoms with E-state index in [4.69, 9.17) is 9.15 Å². The third kappa shape index (κ3) is 9.55. The predicted octanol–water partition coefficient (Wildman–Crippen LogP) is 7.89. The number of hydrogen-bond acceptors (Lipinski definition) is 6. The number of aliphatic hydroxyl groups is 2. The lowest BCUT2D eigenvalue weighted by Crippen LogP contribution is -2.26. The summed E-state index contributed by atoms with van der Waals surface area (Å²) in [5.41, 5.74) is 5.13. The highest BCUT2D eigenvalue weighted by atomic mass is 32.2. The van der Waals surface area contributed by atoms with Gasteiger partial charge < -0.3 is 19.4 Å². The van der Waals surface area contributed by atoms with Crippen molar-refractivity contribution in [2.45, 2.75) is 95.7 Å². The summed E-state index contributed by atoms with van der Waals surface area (Å²) in [5.74, 6) is 1.32. The molecule has 0 aliphatic rings. The number of rotatable bonds is 17. The molecule has 0 saturated carbocycles. The largest absolute Gasteiger partial charge is 0.462 e. The maximum Gasteiger partial charge on any atom is 0.333 e. The summed E-state index contributed by atoms with van der Waals surface area (Å²) in [6, 6.07) is 15.2. The van der Waals surface area contributed by atoms with Gasteiger partial charge >= 0.3 is 5.97 Å². The third-order valence-electron chi connectivity index (χ3n) is 6.96. The summed E-state index contributed by atoms with van der Waals surface area (Å²) in [6.45, 7) is 9.78. The van der Waals surface area contributed by atoms with Crippen LogP contribution < -0.4 is 0 Å². The lowest BCUT2D eigenvalue weighted by Gasteiger charge is -2.17. The molecule has 2 atom stereocenters. The van der Waals surface area contributed by atoms with Gasteiger partial charge in [-0.25, -0.2) is 4.79 Å². The molecule has 212 valence electrons. The van der Waals surface area contributed by atoms with Crippen LogP contribution >= 0.6 is 11.8 Å². The molecule has 3 rings (SSSR count). The van der Waals surface area contributed by atoms with Gasteiger partial charge in [0.1, 0.15) is 11.3 Å². The summed E-state index contributed by atoms with van der Waals surface area (Å²) in [7, 11) is 0. The zero-order chi connectivity index (χ0) is 28.2. The van der Waals surface area contributed by atoms with Crippen LogP contribution in [0.1, 0.15) is 76.8 Å². The highest BCUT2D eigenvalue weighted by Gasteiger charge is 2.16. The quantitative estimate of drug-likeness (QED) is 0.0767. The Balaban J connectivity index is 1.48. The first-order valence-electron chi connectivity index (χ1n) is 14.3. The number of ether oxygens (including phenoxy) is 1. The number of carbonyl (C=O) groups excluding carboxylic acids is 1. The van der Waals surface area contributed by atoms with Crippen molar-refractivity contribution in [3.63, 3.8) is 0 Å². The topological polar surface area (TPSA) is 79.9 Å². The van der Waals surface area contributed by atoms with Crippen molar-refractivity contribution < 1.29 is 24.2 Å². The van der Waals surface area contributed by atoms with Gasteiger partial charge in [-0.1, -0.05) is 51.5 Å². The lowest BCUT2D eigenvalue weighted by molar-refractivity contribution is -0.139. The zero-order valence-corrected chi connectivity index (χ0v) is 24.5. The molecule has 2 unspecified atom stereocenters. The van der Waals surface area contributed by atoms with E-state index >= 15 is 0 Å². The molecule has 0 amide bonds. The predicted molar refractivity (Wildman–Crippen MR) is 161 cm³/mol. The van der Waals surface area contributed by atoms with Gasteiger partial charge in [0.05, 0.1) is 18.8 Å². The van der Waals surface area contributed by atoms with Gasteiger partial charge in [0.2, 0.25) is 0 Å². The number of thioether (sulfide) groups is 1. The average molecular weight is 553 g/mol. The van der Waals surface area contributed by atoms with E-state index in [2.05, 4.69) is 62.9 Å². The van der Waals surface area contributed by atoms with Crippen LogP contribution in [-0.4, -0.2) is 40.8 Å². The molecule has 6 heteroatoms. The Kier molecular flexibility index (Phi) is 12.6. The minimum absolute atomic E-state index is 0.215. The maximum absolute atomic E-state index is 11.4. The van der Waals surface area contributed by atoms with Crippen LogP contribution in [0.4, 0.5) is 0 Å². The molecule has 0 fully saturated rings. The number of aliphatic hydroxyl groups excluding tert-OH is 2. The maximum atomic E-state index is 11.4. The number of carbonyl (C=O) groups is 1. The normalized spacial score (nSPS) is 12.9. The van der Waals surface area contributed by atoms with Crippen molar-refractivity contribution in [2.75, 3.05) is 12.4 Å². The smallest absolute Gasteiger partial charge is 0.333 e. The Labute approximate surface area is 237 Å². The number of hydrogen-bond donors (Lipinski definition) is 2. The van der Waals surface area contributed by atoms with Crippen molar-refractivity contribution in [3.8, 4) is 11.3 Å². The monoisotopic (exact) mass is 552 g/mol. The van der Waals surface area contributed by atoms with E-state index < -0.39 is 18.2 Å². The van der Waals surface area contributed by atoms with Gasteiger partial charge in [0.15, 0.2) is 0 Å². The fraction of sp³-hybridized carbons (Fsp3) is 0.485. The van der Waals surface area contributed by atoms with Crippen molar-refractivity contribution in [1.82, 2.24) is 0 Å². The van der Waals surface area contributed by atoms with Crippen LogP contribution in [0.5, 0.6) is 0 Å². The van der Waals surface area contributed by atoms with E-state index in [-0.39, 0.29) is 6.61 Å². The van der Waals surface area contributed by atoms with Crippen molar-refractivity contribution in [3.05, 3.63) is 65.7 Å². The van der Waals surface area contributed by atoms with E-state index in [9.17, 15) is 15.0 Å². The Morgan fingerprint density at radius 3 is 2.49 bits per heavy atom. The molecule has 1 aromatic heterocycles. The minimum atomic E-state index is -0.824. The number of fused-ring (bicyclic) bond motifs is 1. The first-order valence-corrected chi connectivity index (χ1v) is 15.3. The zero-order valence-electron chi connectivity index (χ0n) is 23.7. The van der Waals surface area contributed by atoms with Gasteiger partial charge in [0, 0.05) is 21.4 Å². The second-order valence-electron chi connectivity index (χ2n) is 10.3. The van der Waals surface area contributed by atoms with Crippen LogP contribution in [0.3, 0.4) is 0 Å². The van der Waals surface area contributed by atoms with E-state index in [0.717, 1.165) is 46.6 Å². The van der Waals surface area contributed by atoms with Gasteiger partial charge in [-0.3, -0.25) is 0 Å². The molecule has 0 bridgehead atoms. The van der Waals surface area contributed by atoms with E-state index in [1.807, 2.05) is 0 Å². The number of furan rings is 1. The molecule has 0 aliphatic heterocycles. The van der Waals surface area contributed by atoms with Crippen LogP contribution in [0.2, 0.25) is 0 Å². The lowest BCUT2D eigenvalue weighted by atomic mass is 9.97. The van der Waals surface area contributed by atoms with E-state index in [0.29, 0.717) is 24.8 Å². The Morgan fingerprint density at radius 1 is 1.00 bits per heavy atom. The molecule has 0 aliphatic carbocycles. The van der Waals surface area contributed by atoms with Crippen LogP contribution in [0.15, 0.2) is 63.9 Å². The third-order valence-corrected chi connectivity index (χ3v) is 8.04. The Morgan fingerprint density at radius 2 is 1.77 bits per heavy atom. The van der Waals surface area contributed by atoms with Gasteiger partial charge in [0.25, 0.3) is 0 Å². The van der Waals surface area contributed by atoms with E-state index in [1.165, 1.54) is 36.0 Å². The van der Waals surface area contributed by atoms with Crippen molar-refractivity contribution in [2.24, 2.45) is 0 Å². The molecule has 0 saturated heterocycles. The summed E-state index contributed by atoms with van der Waals surface area (Å²) in [5, 5.41) is 21.6. The minimum Gasteiger partial charge on any atom is -0.462 e. The first kappa shape index (κ1) is 31.0. The van der Waals surface area contributed by atoms with Crippen LogP contribution in [0, 0.1) is 0 Å². The SMILES string of the molecule is C=C(C)C(=O)OCCCC(O)C(O)CCCSc1ccc2cc(-c3ccc(CCCCC)cc3CC)oc2c1. The van der Waals surface area contributed by atoms with Crippen molar-refractivity contribution in [1.29, 1.82) is 0 Å². The number of aryl methyl sites for hydroxylation is 2. The van der Waals surface area contributed by atoms with Gasteiger partial charge in [-0.2, -0.15) is 0 Å². The summed E-state index contributed by atoms with van der Waals surface area (Å²) < 4.78 is 11.3. The molecule has 2 aromatic carbocycles. The summed E-state index contributed by atoms with van der Waals surface area (Å²) in [4.78, 5) is 12.5. The number of unbranched alkanes of at least 4 members (excludes halogenated alkanes) is 2. The molecule has 0 spiro atoms. The summed E-state index contributed by atoms with van der Waals surface area (Å²) in [6.07, 6.45) is 6.41. The molecule has 2 N–H and O–H groups in total. The molecule has 39 heavy (non-hydrogen) atoms. The Hall–Kier alpha value is -2.54. The second-order valence-corrected chi connectivity index (χ2v) is 11.5. The number of benzene rings is 2. The van der Waals surface area contributed by atoms with Crippen molar-refractivity contribution >= 4 is 28.7 Å². The summed E-state index contributed by atoms with van der Waals surface area (Å²) >= 11 is 1.72. The highest BCUT2D eigenvalue weighted by Crippen LogP contribution is 2.33. The van der Waals surface area contributed by atoms with Gasteiger partial charge in [-0.05, 0) is 93.0 Å². The van der Waals surface area contributed by atoms with Crippen LogP contribution in [0.25, 0.3) is 22.3 Å². The molecule has 5 nitrogen and oxygen atoms in total. The first-order chi connectivity index (χ1) is 18.8. The van der Waals surface area contributed by atoms with Crippen LogP contribution in [-0.2, 0) is 22.4 Å². The molecular weight excluding hydrogens is 508 g/mol.